The zero-order valence-corrected chi connectivity index (χ0v) is 17.0. The second-order valence-electron chi connectivity index (χ2n) is 6.81. The minimum Gasteiger partial charge on any atom is -0.367 e. The number of amides is 1. The third kappa shape index (κ3) is 5.53. The summed E-state index contributed by atoms with van der Waals surface area (Å²) in [5.41, 5.74) is 1.07. The van der Waals surface area contributed by atoms with Crippen LogP contribution in [0.5, 0.6) is 0 Å². The van der Waals surface area contributed by atoms with Crippen molar-refractivity contribution in [2.24, 2.45) is 4.99 Å². The quantitative estimate of drug-likeness (QED) is 0.630. The molecule has 26 heavy (non-hydrogen) atoms. The summed E-state index contributed by atoms with van der Waals surface area (Å²) in [5, 5.41) is 4.24. The number of anilines is 1. The van der Waals surface area contributed by atoms with Gasteiger partial charge in [-0.3, -0.25) is 4.79 Å². The number of nitrogens with one attached hydrogen (secondary N) is 1. The number of guanidine groups is 1. The molecule has 1 atom stereocenters. The van der Waals surface area contributed by atoms with Crippen LogP contribution in [-0.4, -0.2) is 74.5 Å². The van der Waals surface area contributed by atoms with Gasteiger partial charge in [0.15, 0.2) is 5.96 Å². The molecule has 1 amide bonds. The monoisotopic (exact) mass is 379 g/mol. The van der Waals surface area contributed by atoms with Crippen molar-refractivity contribution >= 4 is 29.2 Å². The lowest BCUT2D eigenvalue weighted by atomic mass is 10.2. The lowest BCUT2D eigenvalue weighted by molar-refractivity contribution is -0.127. The Bertz CT molecular complexity index is 626. The van der Waals surface area contributed by atoms with Crippen molar-refractivity contribution in [2.75, 3.05) is 51.7 Å². The molecule has 2 rings (SSSR count). The van der Waals surface area contributed by atoms with E-state index in [1.165, 1.54) is 0 Å². The molecule has 0 spiro atoms. The maximum Gasteiger partial charge on any atom is 0.243 e. The maximum absolute atomic E-state index is 11.9. The predicted octanol–water partition coefficient (Wildman–Crippen LogP) is 2.29. The summed E-state index contributed by atoms with van der Waals surface area (Å²) in [7, 11) is 3.50. The highest BCUT2D eigenvalue weighted by Gasteiger charge is 2.22. The third-order valence-electron chi connectivity index (χ3n) is 4.62. The van der Waals surface area contributed by atoms with Gasteiger partial charge in [0.2, 0.25) is 5.91 Å². The van der Waals surface area contributed by atoms with Crippen LogP contribution >= 0.6 is 11.6 Å². The normalized spacial score (nSPS) is 16.4. The van der Waals surface area contributed by atoms with E-state index in [1.54, 1.807) is 19.0 Å². The van der Waals surface area contributed by atoms with Gasteiger partial charge in [-0.05, 0) is 25.5 Å². The molecule has 1 aromatic carbocycles. The number of hydrogen-bond acceptors (Lipinski definition) is 3. The van der Waals surface area contributed by atoms with Crippen LogP contribution in [0.15, 0.2) is 29.3 Å². The van der Waals surface area contributed by atoms with E-state index in [-0.39, 0.29) is 12.5 Å². The lowest BCUT2D eigenvalue weighted by Crippen LogP contribution is -2.54. The van der Waals surface area contributed by atoms with E-state index >= 15 is 0 Å². The predicted molar refractivity (Wildman–Crippen MR) is 109 cm³/mol. The van der Waals surface area contributed by atoms with Gasteiger partial charge in [0.1, 0.15) is 6.54 Å². The van der Waals surface area contributed by atoms with Gasteiger partial charge in [-0.1, -0.05) is 30.7 Å². The van der Waals surface area contributed by atoms with E-state index in [0.29, 0.717) is 6.04 Å². The first kappa shape index (κ1) is 20.4. The highest BCUT2D eigenvalue weighted by Crippen LogP contribution is 2.26. The highest BCUT2D eigenvalue weighted by molar-refractivity contribution is 6.33. The molecule has 0 aliphatic carbocycles. The molecule has 7 heteroatoms. The molecular formula is C19H30ClN5O. The van der Waals surface area contributed by atoms with Crippen molar-refractivity contribution in [3.8, 4) is 0 Å². The van der Waals surface area contributed by atoms with Crippen molar-refractivity contribution in [2.45, 2.75) is 26.3 Å². The molecule has 1 unspecified atom stereocenters. The molecule has 1 aromatic rings. The Morgan fingerprint density at radius 2 is 1.92 bits per heavy atom. The summed E-state index contributed by atoms with van der Waals surface area (Å²) in [6, 6.07) is 8.25. The molecule has 1 heterocycles. The van der Waals surface area contributed by atoms with Gasteiger partial charge in [-0.15, -0.1) is 0 Å². The molecule has 1 saturated heterocycles. The Hall–Kier alpha value is -1.95. The smallest absolute Gasteiger partial charge is 0.243 e. The summed E-state index contributed by atoms with van der Waals surface area (Å²) < 4.78 is 0. The number of halogens is 1. The van der Waals surface area contributed by atoms with Gasteiger partial charge in [0, 0.05) is 46.3 Å². The minimum absolute atomic E-state index is 0.00292. The van der Waals surface area contributed by atoms with Crippen LogP contribution in [-0.2, 0) is 4.79 Å². The van der Waals surface area contributed by atoms with E-state index in [2.05, 4.69) is 40.0 Å². The molecule has 6 nitrogen and oxygen atoms in total. The van der Waals surface area contributed by atoms with Crippen LogP contribution in [0.1, 0.15) is 20.3 Å². The molecule has 0 bridgehead atoms. The number of para-hydroxylation sites is 1. The first-order valence-corrected chi connectivity index (χ1v) is 9.55. The first-order chi connectivity index (χ1) is 12.4. The zero-order valence-electron chi connectivity index (χ0n) is 16.2. The number of rotatable bonds is 5. The van der Waals surface area contributed by atoms with Crippen molar-refractivity contribution < 1.29 is 4.79 Å². The van der Waals surface area contributed by atoms with Gasteiger partial charge in [-0.25, -0.2) is 4.99 Å². The summed E-state index contributed by atoms with van der Waals surface area (Å²) >= 11 is 6.32. The van der Waals surface area contributed by atoms with Gasteiger partial charge in [-0.2, -0.15) is 0 Å². The molecule has 1 aliphatic rings. The molecule has 0 aromatic heterocycles. The fourth-order valence-electron chi connectivity index (χ4n) is 2.71. The lowest BCUT2D eigenvalue weighted by Gasteiger charge is -2.38. The molecule has 1 fully saturated rings. The highest BCUT2D eigenvalue weighted by atomic mass is 35.5. The van der Waals surface area contributed by atoms with Crippen LogP contribution < -0.4 is 10.2 Å². The number of carbonyl (C=O) groups excluding carboxylic acids is 1. The Labute approximate surface area is 161 Å². The average molecular weight is 380 g/mol. The number of likely N-dealkylation sites (N-methyl/N-ethyl adjacent to an activating group) is 1. The van der Waals surface area contributed by atoms with Gasteiger partial charge < -0.3 is 20.0 Å². The fraction of sp³-hybridized carbons (Fsp3) is 0.579. The van der Waals surface area contributed by atoms with Crippen LogP contribution in [0.3, 0.4) is 0 Å². The second-order valence-corrected chi connectivity index (χ2v) is 7.21. The van der Waals surface area contributed by atoms with Crippen molar-refractivity contribution in [1.82, 2.24) is 15.1 Å². The molecule has 0 radical (unpaired) electrons. The summed E-state index contributed by atoms with van der Waals surface area (Å²) in [5.74, 6) is 0.816. The van der Waals surface area contributed by atoms with Crippen molar-refractivity contribution in [1.29, 1.82) is 0 Å². The average Bonchev–Trinajstić information content (AvgIpc) is 2.65. The largest absolute Gasteiger partial charge is 0.367 e. The first-order valence-electron chi connectivity index (χ1n) is 9.18. The van der Waals surface area contributed by atoms with E-state index in [1.807, 2.05) is 18.2 Å². The summed E-state index contributed by atoms with van der Waals surface area (Å²) in [6.45, 7) is 7.84. The molecule has 1 aliphatic heterocycles. The van der Waals surface area contributed by atoms with Crippen LogP contribution in [0, 0.1) is 0 Å². The van der Waals surface area contributed by atoms with Crippen LogP contribution in [0.2, 0.25) is 5.02 Å². The van der Waals surface area contributed by atoms with E-state index < -0.39 is 0 Å². The number of aliphatic imine (C=N–C) groups is 1. The molecule has 1 N–H and O–H groups in total. The molecule has 0 saturated carbocycles. The van der Waals surface area contributed by atoms with Gasteiger partial charge >= 0.3 is 0 Å². The Kier molecular flexibility index (Phi) is 7.57. The topological polar surface area (TPSA) is 51.2 Å². The molecular weight excluding hydrogens is 350 g/mol. The van der Waals surface area contributed by atoms with Crippen LogP contribution in [0.25, 0.3) is 0 Å². The number of nitrogens with zero attached hydrogens (tertiary/aromatic N) is 4. The maximum atomic E-state index is 11.9. The SMILES string of the molecule is CCC(C)NC(=NCC(=O)N(C)C)N1CCN(c2ccccc2Cl)CC1. The van der Waals surface area contributed by atoms with Crippen LogP contribution in [0.4, 0.5) is 5.69 Å². The van der Waals surface area contributed by atoms with E-state index in [0.717, 1.165) is 49.3 Å². The van der Waals surface area contributed by atoms with Gasteiger partial charge in [0.25, 0.3) is 0 Å². The zero-order chi connectivity index (χ0) is 19.1. The second kappa shape index (κ2) is 9.67. The van der Waals surface area contributed by atoms with Crippen molar-refractivity contribution in [3.05, 3.63) is 29.3 Å². The Morgan fingerprint density at radius 1 is 1.27 bits per heavy atom. The summed E-state index contributed by atoms with van der Waals surface area (Å²) in [6.07, 6.45) is 1.00. The standard InChI is InChI=1S/C19H30ClN5O/c1-5-15(2)22-19(21-14-18(26)23(3)4)25-12-10-24(11-13-25)17-9-7-6-8-16(17)20/h6-9,15H,5,10-14H2,1-4H3,(H,21,22). The van der Waals surface area contributed by atoms with E-state index in [4.69, 9.17) is 11.6 Å². The number of piperazine rings is 1. The number of hydrogen-bond donors (Lipinski definition) is 1. The Morgan fingerprint density at radius 3 is 2.50 bits per heavy atom. The fourth-order valence-corrected chi connectivity index (χ4v) is 2.97. The van der Waals surface area contributed by atoms with E-state index in [9.17, 15) is 4.79 Å². The third-order valence-corrected chi connectivity index (χ3v) is 4.94. The number of benzene rings is 1. The Balaban J connectivity index is 2.04. The number of carbonyl (C=O) groups is 1. The minimum atomic E-state index is 0.00292. The van der Waals surface area contributed by atoms with Gasteiger partial charge in [0.05, 0.1) is 10.7 Å². The van der Waals surface area contributed by atoms with Crippen molar-refractivity contribution in [3.63, 3.8) is 0 Å². The molecule has 144 valence electrons. The summed E-state index contributed by atoms with van der Waals surface area (Å²) in [4.78, 5) is 22.6.